The number of rotatable bonds is 5. The molecule has 0 aliphatic carbocycles. The lowest BCUT2D eigenvalue weighted by Crippen LogP contribution is -2.10. The highest BCUT2D eigenvalue weighted by molar-refractivity contribution is 7.98. The summed E-state index contributed by atoms with van der Waals surface area (Å²) in [5.74, 6) is -1.04. The lowest BCUT2D eigenvalue weighted by molar-refractivity contribution is -0.142. The second kappa shape index (κ2) is 7.51. The van der Waals surface area contributed by atoms with Gasteiger partial charge in [-0.2, -0.15) is 0 Å². The topological polar surface area (TPSA) is 65.0 Å². The molecule has 2 aromatic rings. The van der Waals surface area contributed by atoms with Crippen molar-refractivity contribution >= 4 is 29.3 Å². The van der Waals surface area contributed by atoms with Gasteiger partial charge in [-0.25, -0.2) is 19.3 Å². The van der Waals surface area contributed by atoms with E-state index in [4.69, 9.17) is 16.3 Å². The number of aromatic nitrogens is 3. The highest BCUT2D eigenvalue weighted by Gasteiger charge is 2.15. The number of nitrogens with zero attached hydrogens (tertiary/aromatic N) is 3. The fraction of sp³-hybridized carbons (Fsp3) is 0.286. The molecule has 5 nitrogen and oxygen atoms in total. The fourth-order valence-electron chi connectivity index (χ4n) is 1.79. The Kier molecular flexibility index (Phi) is 5.68. The van der Waals surface area contributed by atoms with Gasteiger partial charge in [0.25, 0.3) is 0 Å². The van der Waals surface area contributed by atoms with Gasteiger partial charge in [-0.15, -0.1) is 0 Å². The molecule has 22 heavy (non-hydrogen) atoms. The molecule has 2 rings (SSSR count). The number of thioether (sulfide) groups is 1. The van der Waals surface area contributed by atoms with Gasteiger partial charge >= 0.3 is 5.97 Å². The predicted molar refractivity (Wildman–Crippen MR) is 82.3 cm³/mol. The van der Waals surface area contributed by atoms with E-state index in [-0.39, 0.29) is 18.2 Å². The summed E-state index contributed by atoms with van der Waals surface area (Å²) < 4.78 is 18.6. The molecule has 0 amide bonds. The number of halogens is 2. The lowest BCUT2D eigenvalue weighted by atomic mass is 10.1. The molecule has 116 valence electrons. The second-order valence-electron chi connectivity index (χ2n) is 4.21. The highest BCUT2D eigenvalue weighted by Crippen LogP contribution is 2.26. The molecule has 0 unspecified atom stereocenters. The molecule has 0 bridgehead atoms. The Bertz CT molecular complexity index is 700. The van der Waals surface area contributed by atoms with Crippen molar-refractivity contribution in [1.29, 1.82) is 0 Å². The summed E-state index contributed by atoms with van der Waals surface area (Å²) in [6.45, 7) is 2.01. The van der Waals surface area contributed by atoms with Crippen LogP contribution in [-0.2, 0) is 16.0 Å². The van der Waals surface area contributed by atoms with Gasteiger partial charge in [-0.3, -0.25) is 4.79 Å². The van der Waals surface area contributed by atoms with E-state index in [0.717, 1.165) is 0 Å². The third-order valence-electron chi connectivity index (χ3n) is 2.73. The van der Waals surface area contributed by atoms with E-state index in [1.54, 1.807) is 6.92 Å². The Hall–Kier alpha value is -1.73. The quantitative estimate of drug-likeness (QED) is 0.360. The van der Waals surface area contributed by atoms with Gasteiger partial charge in [0.2, 0.25) is 0 Å². The zero-order chi connectivity index (χ0) is 16.1. The molecule has 0 saturated heterocycles. The maximum atomic E-state index is 13.6. The summed E-state index contributed by atoms with van der Waals surface area (Å²) >= 11 is 6.94. The molecule has 0 aromatic carbocycles. The fourth-order valence-corrected chi connectivity index (χ4v) is 2.23. The van der Waals surface area contributed by atoms with Crippen molar-refractivity contribution in [2.45, 2.75) is 18.5 Å². The number of carbonyl (C=O) groups is 1. The van der Waals surface area contributed by atoms with Crippen molar-refractivity contribution in [3.63, 3.8) is 0 Å². The van der Waals surface area contributed by atoms with Crippen molar-refractivity contribution in [3.05, 3.63) is 35.0 Å². The van der Waals surface area contributed by atoms with E-state index in [1.807, 2.05) is 6.26 Å². The minimum absolute atomic E-state index is 0.00206. The van der Waals surface area contributed by atoms with E-state index >= 15 is 0 Å². The van der Waals surface area contributed by atoms with Crippen LogP contribution in [0.1, 0.15) is 12.5 Å². The highest BCUT2D eigenvalue weighted by atomic mass is 35.5. The summed E-state index contributed by atoms with van der Waals surface area (Å²) in [7, 11) is 0. The SMILES string of the molecule is CCOC(=O)Cc1cnc(SC)nc1-c1cnc(Cl)c(F)c1. The van der Waals surface area contributed by atoms with Crippen LogP contribution < -0.4 is 0 Å². The zero-order valence-electron chi connectivity index (χ0n) is 12.0. The molecular formula is C14H13ClFN3O2S. The van der Waals surface area contributed by atoms with Crippen molar-refractivity contribution in [2.75, 3.05) is 12.9 Å². The van der Waals surface area contributed by atoms with Crippen LogP contribution in [0.25, 0.3) is 11.3 Å². The van der Waals surface area contributed by atoms with Crippen LogP contribution in [0.15, 0.2) is 23.6 Å². The summed E-state index contributed by atoms with van der Waals surface area (Å²) in [6, 6.07) is 1.23. The number of hydrogen-bond donors (Lipinski definition) is 0. The Morgan fingerprint density at radius 2 is 2.18 bits per heavy atom. The largest absolute Gasteiger partial charge is 0.466 e. The smallest absolute Gasteiger partial charge is 0.310 e. The van der Waals surface area contributed by atoms with Crippen molar-refractivity contribution < 1.29 is 13.9 Å². The molecule has 0 saturated carbocycles. The molecule has 0 spiro atoms. The first-order chi connectivity index (χ1) is 10.5. The Labute approximate surface area is 136 Å². The van der Waals surface area contributed by atoms with Crippen molar-refractivity contribution in [2.24, 2.45) is 0 Å². The first-order valence-electron chi connectivity index (χ1n) is 6.42. The van der Waals surface area contributed by atoms with Crippen LogP contribution >= 0.6 is 23.4 Å². The molecular weight excluding hydrogens is 329 g/mol. The molecule has 0 fully saturated rings. The van der Waals surface area contributed by atoms with Crippen LogP contribution in [0, 0.1) is 5.82 Å². The van der Waals surface area contributed by atoms with Gasteiger partial charge in [0.1, 0.15) is 0 Å². The number of pyridine rings is 1. The second-order valence-corrected chi connectivity index (χ2v) is 5.34. The van der Waals surface area contributed by atoms with E-state index < -0.39 is 11.8 Å². The van der Waals surface area contributed by atoms with Crippen LogP contribution in [-0.4, -0.2) is 33.8 Å². The van der Waals surface area contributed by atoms with Crippen LogP contribution in [0.3, 0.4) is 0 Å². The average Bonchev–Trinajstić information content (AvgIpc) is 2.51. The first-order valence-corrected chi connectivity index (χ1v) is 8.02. The molecule has 0 atom stereocenters. The monoisotopic (exact) mass is 341 g/mol. The van der Waals surface area contributed by atoms with E-state index in [0.29, 0.717) is 22.0 Å². The maximum absolute atomic E-state index is 13.6. The molecule has 2 heterocycles. The van der Waals surface area contributed by atoms with Gasteiger partial charge in [-0.1, -0.05) is 23.4 Å². The van der Waals surface area contributed by atoms with Crippen LogP contribution in [0.2, 0.25) is 5.15 Å². The van der Waals surface area contributed by atoms with Gasteiger partial charge < -0.3 is 4.74 Å². The normalized spacial score (nSPS) is 10.5. The maximum Gasteiger partial charge on any atom is 0.310 e. The minimum atomic E-state index is -0.648. The Balaban J connectivity index is 2.46. The average molecular weight is 342 g/mol. The number of ether oxygens (including phenoxy) is 1. The van der Waals surface area contributed by atoms with Gasteiger partial charge in [0.15, 0.2) is 16.1 Å². The number of hydrogen-bond acceptors (Lipinski definition) is 6. The van der Waals surface area contributed by atoms with Crippen molar-refractivity contribution in [3.8, 4) is 11.3 Å². The summed E-state index contributed by atoms with van der Waals surface area (Å²) in [6.07, 6.45) is 4.77. The molecule has 0 aliphatic rings. The summed E-state index contributed by atoms with van der Waals surface area (Å²) in [4.78, 5) is 23.9. The van der Waals surface area contributed by atoms with E-state index in [9.17, 15) is 9.18 Å². The molecule has 0 N–H and O–H groups in total. The van der Waals surface area contributed by atoms with Crippen LogP contribution in [0.5, 0.6) is 0 Å². The standard InChI is InChI=1S/C14H13ClFN3O2S/c1-3-21-11(20)5-9-7-18-14(22-2)19-12(9)8-4-10(16)13(15)17-6-8/h4,6-7H,3,5H2,1-2H3. The zero-order valence-corrected chi connectivity index (χ0v) is 13.5. The number of esters is 1. The minimum Gasteiger partial charge on any atom is -0.466 e. The lowest BCUT2D eigenvalue weighted by Gasteiger charge is -2.09. The van der Waals surface area contributed by atoms with Gasteiger partial charge in [-0.05, 0) is 19.2 Å². The molecule has 2 aromatic heterocycles. The Morgan fingerprint density at radius 1 is 1.41 bits per heavy atom. The van der Waals surface area contributed by atoms with Gasteiger partial charge in [0.05, 0.1) is 18.7 Å². The summed E-state index contributed by atoms with van der Waals surface area (Å²) in [5, 5.41) is 0.299. The van der Waals surface area contributed by atoms with Crippen LogP contribution in [0.4, 0.5) is 4.39 Å². The molecule has 8 heteroatoms. The third-order valence-corrected chi connectivity index (χ3v) is 3.57. The van der Waals surface area contributed by atoms with Gasteiger partial charge in [0, 0.05) is 23.5 Å². The third kappa shape index (κ3) is 3.92. The van der Waals surface area contributed by atoms with E-state index in [1.165, 1.54) is 30.2 Å². The molecule has 0 aliphatic heterocycles. The number of carbonyl (C=O) groups excluding carboxylic acids is 1. The Morgan fingerprint density at radius 3 is 2.82 bits per heavy atom. The first kappa shape index (κ1) is 16.6. The van der Waals surface area contributed by atoms with Crippen molar-refractivity contribution in [1.82, 2.24) is 15.0 Å². The van der Waals surface area contributed by atoms with E-state index in [2.05, 4.69) is 15.0 Å². The molecule has 0 radical (unpaired) electrons. The predicted octanol–water partition coefficient (Wildman–Crippen LogP) is 3.16. The summed E-state index contributed by atoms with van der Waals surface area (Å²) in [5.41, 5.74) is 1.41.